The number of alkyl halides is 3. The highest BCUT2D eigenvalue weighted by molar-refractivity contribution is 5.76. The van der Waals surface area contributed by atoms with Crippen LogP contribution in [0.2, 0.25) is 0 Å². The van der Waals surface area contributed by atoms with E-state index in [0.29, 0.717) is 25.4 Å². The smallest absolute Gasteiger partial charge is 0.341 e. The average Bonchev–Trinajstić information content (AvgIpc) is 2.92. The number of nitrogens with zero attached hydrogens (tertiary/aromatic N) is 2. The Kier molecular flexibility index (Phi) is 7.35. The molecule has 0 bridgehead atoms. The molecule has 1 aromatic rings. The van der Waals surface area contributed by atoms with Gasteiger partial charge in [0.05, 0.1) is 5.56 Å². The van der Waals surface area contributed by atoms with Crippen LogP contribution in [0, 0.1) is 5.92 Å². The molecule has 1 aromatic carbocycles. The third-order valence-electron chi connectivity index (χ3n) is 5.85. The van der Waals surface area contributed by atoms with Crippen molar-refractivity contribution in [1.29, 1.82) is 0 Å². The van der Waals surface area contributed by atoms with Crippen molar-refractivity contribution in [2.45, 2.75) is 44.8 Å². The number of benzene rings is 1. The van der Waals surface area contributed by atoms with Gasteiger partial charge in [0.1, 0.15) is 0 Å². The third kappa shape index (κ3) is 6.21. The largest absolute Gasteiger partial charge is 0.416 e. The molecule has 4 nitrogen and oxygen atoms in total. The fourth-order valence-electron chi connectivity index (χ4n) is 4.09. The Morgan fingerprint density at radius 1 is 1.04 bits per heavy atom. The van der Waals surface area contributed by atoms with E-state index in [4.69, 9.17) is 0 Å². The summed E-state index contributed by atoms with van der Waals surface area (Å²) in [7, 11) is 0. The fourth-order valence-corrected chi connectivity index (χ4v) is 4.09. The number of hydrogen-bond acceptors (Lipinski definition) is 3. The van der Waals surface area contributed by atoms with Gasteiger partial charge in [0.25, 0.3) is 0 Å². The summed E-state index contributed by atoms with van der Waals surface area (Å²) in [6, 6.07) is 5.39. The minimum absolute atomic E-state index is 0.245. The number of amides is 1. The normalized spacial score (nSPS) is 20.2. The second kappa shape index (κ2) is 9.74. The Labute approximate surface area is 165 Å². The number of piperidine rings is 1. The maximum Gasteiger partial charge on any atom is 0.416 e. The number of carbonyl (C=O) groups is 1. The molecule has 3 rings (SSSR count). The van der Waals surface area contributed by atoms with E-state index in [2.05, 4.69) is 10.2 Å². The number of rotatable bonds is 5. The van der Waals surface area contributed by atoms with Crippen LogP contribution in [0.5, 0.6) is 0 Å². The molecular weight excluding hydrogens is 367 g/mol. The summed E-state index contributed by atoms with van der Waals surface area (Å²) in [6.45, 7) is 5.83. The van der Waals surface area contributed by atoms with Gasteiger partial charge in [-0.05, 0) is 62.4 Å². The van der Waals surface area contributed by atoms with Crippen LogP contribution in [0.15, 0.2) is 24.3 Å². The predicted octanol–water partition coefficient (Wildman–Crippen LogP) is 3.52. The maximum atomic E-state index is 12.7. The van der Waals surface area contributed by atoms with E-state index in [0.717, 1.165) is 76.1 Å². The summed E-state index contributed by atoms with van der Waals surface area (Å²) in [5.41, 5.74) is 0.260. The standard InChI is InChI=1S/C21H30F3N3O/c22-21(23,24)19-5-2-18(3-6-19)16-26-12-1-13-27(15-14-26)20(28)7-4-17-8-10-25-11-9-17/h2-3,5-6,17,25H,1,4,7-16H2. The van der Waals surface area contributed by atoms with Crippen LogP contribution in [0.1, 0.15) is 43.2 Å². The summed E-state index contributed by atoms with van der Waals surface area (Å²) in [5, 5.41) is 3.35. The first-order valence-corrected chi connectivity index (χ1v) is 10.3. The lowest BCUT2D eigenvalue weighted by atomic mass is 9.93. The number of nitrogens with one attached hydrogen (secondary N) is 1. The highest BCUT2D eigenvalue weighted by Crippen LogP contribution is 2.29. The second-order valence-electron chi connectivity index (χ2n) is 7.94. The zero-order chi connectivity index (χ0) is 20.0. The van der Waals surface area contributed by atoms with Gasteiger partial charge in [-0.1, -0.05) is 12.1 Å². The lowest BCUT2D eigenvalue weighted by Gasteiger charge is -2.25. The molecule has 0 atom stereocenters. The summed E-state index contributed by atoms with van der Waals surface area (Å²) in [5.74, 6) is 0.906. The molecule has 0 saturated carbocycles. The fraction of sp³-hybridized carbons (Fsp3) is 0.667. The molecule has 0 unspecified atom stereocenters. The van der Waals surface area contributed by atoms with Gasteiger partial charge in [-0.15, -0.1) is 0 Å². The topological polar surface area (TPSA) is 35.6 Å². The Morgan fingerprint density at radius 3 is 2.43 bits per heavy atom. The Bertz CT molecular complexity index is 627. The molecule has 1 amide bonds. The van der Waals surface area contributed by atoms with Crippen LogP contribution >= 0.6 is 0 Å². The average molecular weight is 397 g/mol. The van der Waals surface area contributed by atoms with Gasteiger partial charge in [0.15, 0.2) is 0 Å². The van der Waals surface area contributed by atoms with Gasteiger partial charge in [-0.3, -0.25) is 9.69 Å². The molecule has 0 aromatic heterocycles. The zero-order valence-electron chi connectivity index (χ0n) is 16.3. The molecule has 0 aliphatic carbocycles. The van der Waals surface area contributed by atoms with Gasteiger partial charge < -0.3 is 10.2 Å². The molecule has 0 radical (unpaired) electrons. The van der Waals surface area contributed by atoms with Crippen molar-refractivity contribution in [2.75, 3.05) is 39.3 Å². The van der Waals surface area contributed by atoms with Crippen LogP contribution in [0.3, 0.4) is 0 Å². The Morgan fingerprint density at radius 2 is 1.75 bits per heavy atom. The minimum Gasteiger partial charge on any atom is -0.341 e. The molecule has 156 valence electrons. The van der Waals surface area contributed by atoms with Gasteiger partial charge in [0.2, 0.25) is 5.91 Å². The summed E-state index contributed by atoms with van der Waals surface area (Å²) < 4.78 is 38.0. The van der Waals surface area contributed by atoms with Crippen molar-refractivity contribution in [3.05, 3.63) is 35.4 Å². The molecule has 0 spiro atoms. The monoisotopic (exact) mass is 397 g/mol. The highest BCUT2D eigenvalue weighted by Gasteiger charge is 2.30. The Hall–Kier alpha value is -1.60. The van der Waals surface area contributed by atoms with Crippen LogP contribution < -0.4 is 5.32 Å². The zero-order valence-corrected chi connectivity index (χ0v) is 16.3. The first-order valence-electron chi connectivity index (χ1n) is 10.3. The lowest BCUT2D eigenvalue weighted by molar-refractivity contribution is -0.137. The van der Waals surface area contributed by atoms with Crippen molar-refractivity contribution in [3.63, 3.8) is 0 Å². The predicted molar refractivity (Wildman–Crippen MR) is 103 cm³/mol. The van der Waals surface area contributed by atoms with Gasteiger partial charge in [-0.2, -0.15) is 13.2 Å². The minimum atomic E-state index is -4.30. The lowest BCUT2D eigenvalue weighted by Crippen LogP contribution is -2.35. The molecule has 1 N–H and O–H groups in total. The first kappa shape index (κ1) is 21.1. The quantitative estimate of drug-likeness (QED) is 0.826. The van der Waals surface area contributed by atoms with Crippen molar-refractivity contribution < 1.29 is 18.0 Å². The van der Waals surface area contributed by atoms with E-state index in [1.54, 1.807) is 12.1 Å². The van der Waals surface area contributed by atoms with E-state index in [-0.39, 0.29) is 5.91 Å². The van der Waals surface area contributed by atoms with Crippen LogP contribution in [-0.4, -0.2) is 55.0 Å². The van der Waals surface area contributed by atoms with Gasteiger partial charge in [0, 0.05) is 39.1 Å². The van der Waals surface area contributed by atoms with Crippen LogP contribution in [0.25, 0.3) is 0 Å². The third-order valence-corrected chi connectivity index (χ3v) is 5.85. The molecule has 2 aliphatic heterocycles. The van der Waals surface area contributed by atoms with Crippen LogP contribution in [-0.2, 0) is 17.5 Å². The molecule has 28 heavy (non-hydrogen) atoms. The van der Waals surface area contributed by atoms with E-state index < -0.39 is 11.7 Å². The molecule has 2 saturated heterocycles. The van der Waals surface area contributed by atoms with Crippen molar-refractivity contribution >= 4 is 5.91 Å². The van der Waals surface area contributed by atoms with Crippen molar-refractivity contribution in [1.82, 2.24) is 15.1 Å². The molecule has 7 heteroatoms. The van der Waals surface area contributed by atoms with E-state index >= 15 is 0 Å². The van der Waals surface area contributed by atoms with Gasteiger partial charge in [-0.25, -0.2) is 0 Å². The Balaban J connectivity index is 1.44. The van der Waals surface area contributed by atoms with E-state index in [1.165, 1.54) is 0 Å². The maximum absolute atomic E-state index is 12.7. The summed E-state index contributed by atoms with van der Waals surface area (Å²) in [4.78, 5) is 16.8. The first-order chi connectivity index (χ1) is 13.4. The van der Waals surface area contributed by atoms with Crippen molar-refractivity contribution in [2.24, 2.45) is 5.92 Å². The second-order valence-corrected chi connectivity index (χ2v) is 7.94. The van der Waals surface area contributed by atoms with E-state index in [1.807, 2.05) is 4.90 Å². The highest BCUT2D eigenvalue weighted by atomic mass is 19.4. The molecular formula is C21H30F3N3O. The number of carbonyl (C=O) groups excluding carboxylic acids is 1. The molecule has 2 heterocycles. The van der Waals surface area contributed by atoms with Crippen molar-refractivity contribution in [3.8, 4) is 0 Å². The number of halogens is 3. The number of hydrogen-bond donors (Lipinski definition) is 1. The molecule has 2 aliphatic rings. The van der Waals surface area contributed by atoms with E-state index in [9.17, 15) is 18.0 Å². The van der Waals surface area contributed by atoms with Gasteiger partial charge >= 0.3 is 6.18 Å². The SMILES string of the molecule is O=C(CCC1CCNCC1)N1CCCN(Cc2ccc(C(F)(F)F)cc2)CC1. The molecule has 2 fully saturated rings. The summed E-state index contributed by atoms with van der Waals surface area (Å²) >= 11 is 0. The van der Waals surface area contributed by atoms with Crippen LogP contribution in [0.4, 0.5) is 13.2 Å². The summed E-state index contributed by atoms with van der Waals surface area (Å²) in [6.07, 6.45) is 0.536.